The fourth-order valence-electron chi connectivity index (χ4n) is 4.47. The third-order valence-electron chi connectivity index (χ3n) is 6.00. The van der Waals surface area contributed by atoms with E-state index in [4.69, 9.17) is 4.98 Å². The van der Waals surface area contributed by atoms with Crippen molar-refractivity contribution >= 4 is 39.2 Å². The fraction of sp³-hybridized carbons (Fsp3) is 0.550. The summed E-state index contributed by atoms with van der Waals surface area (Å²) in [5.74, 6) is 2.47. The van der Waals surface area contributed by atoms with Crippen LogP contribution in [0.3, 0.4) is 0 Å². The molecule has 148 valence electrons. The van der Waals surface area contributed by atoms with Crippen molar-refractivity contribution in [3.63, 3.8) is 0 Å². The summed E-state index contributed by atoms with van der Waals surface area (Å²) in [6, 6.07) is 4.74. The first kappa shape index (κ1) is 18.1. The lowest BCUT2D eigenvalue weighted by atomic mass is 10.2. The molecule has 5 rings (SSSR count). The summed E-state index contributed by atoms with van der Waals surface area (Å²) in [6.45, 7) is 5.07. The van der Waals surface area contributed by atoms with Crippen LogP contribution in [0.1, 0.15) is 36.1 Å². The highest BCUT2D eigenvalue weighted by molar-refractivity contribution is 9.09. The fourth-order valence-corrected chi connectivity index (χ4v) is 5.11. The van der Waals surface area contributed by atoms with Gasteiger partial charge in [-0.15, -0.1) is 0 Å². The van der Waals surface area contributed by atoms with E-state index in [1.165, 1.54) is 31.2 Å². The normalized spacial score (nSPS) is 22.5. The Morgan fingerprint density at radius 1 is 1.07 bits per heavy atom. The maximum absolute atomic E-state index is 4.85. The average Bonchev–Trinajstić information content (AvgIpc) is 3.37. The quantitative estimate of drug-likeness (QED) is 0.702. The minimum atomic E-state index is 0.314. The van der Waals surface area contributed by atoms with Crippen molar-refractivity contribution in [2.75, 3.05) is 47.8 Å². The van der Waals surface area contributed by atoms with Crippen LogP contribution in [0.25, 0.3) is 0 Å². The van der Waals surface area contributed by atoms with Gasteiger partial charge in [-0.3, -0.25) is 0 Å². The van der Waals surface area contributed by atoms with Crippen LogP contribution in [0.4, 0.5) is 23.3 Å². The van der Waals surface area contributed by atoms with Crippen LogP contribution in [0.5, 0.6) is 0 Å². The molecule has 2 fully saturated rings. The summed E-state index contributed by atoms with van der Waals surface area (Å²) < 4.78 is 0. The van der Waals surface area contributed by atoms with Crippen LogP contribution < -0.4 is 20.4 Å². The molecule has 2 aliphatic heterocycles. The second-order valence-corrected chi connectivity index (χ2v) is 8.90. The van der Waals surface area contributed by atoms with Gasteiger partial charge in [-0.1, -0.05) is 28.8 Å². The van der Waals surface area contributed by atoms with Crippen molar-refractivity contribution in [1.29, 1.82) is 0 Å². The standard InChI is InChI=1S/C20H26BrN7/c21-17-13-28(14-3-1-2-4-14)19-16(17)12-24-20(26-19)25-18-6-5-15(11-23-18)27-9-7-22-8-10-27/h5-6,11-12,14,17,22H,1-4,7-10,13H2,(H,23,24,25,26). The zero-order chi connectivity index (χ0) is 18.9. The van der Waals surface area contributed by atoms with E-state index in [9.17, 15) is 0 Å². The molecule has 0 aromatic carbocycles. The monoisotopic (exact) mass is 443 g/mol. The third kappa shape index (κ3) is 3.55. The Bertz CT molecular complexity index is 816. The van der Waals surface area contributed by atoms with Gasteiger partial charge in [0.1, 0.15) is 11.6 Å². The van der Waals surface area contributed by atoms with Crippen LogP contribution in [-0.2, 0) is 0 Å². The molecular weight excluding hydrogens is 418 g/mol. The lowest BCUT2D eigenvalue weighted by molar-refractivity contribution is 0.589. The Balaban J connectivity index is 1.32. The van der Waals surface area contributed by atoms with Crippen molar-refractivity contribution in [1.82, 2.24) is 20.3 Å². The van der Waals surface area contributed by atoms with Crippen molar-refractivity contribution in [2.24, 2.45) is 0 Å². The molecule has 1 saturated heterocycles. The minimum Gasteiger partial charge on any atom is -0.368 e. The third-order valence-corrected chi connectivity index (χ3v) is 6.78. The Morgan fingerprint density at radius 2 is 1.89 bits per heavy atom. The zero-order valence-corrected chi connectivity index (χ0v) is 17.5. The molecule has 2 aromatic heterocycles. The van der Waals surface area contributed by atoms with Gasteiger partial charge in [0.15, 0.2) is 0 Å². The zero-order valence-electron chi connectivity index (χ0n) is 15.9. The number of hydrogen-bond acceptors (Lipinski definition) is 7. The van der Waals surface area contributed by atoms with Gasteiger partial charge in [0.2, 0.25) is 5.95 Å². The second-order valence-electron chi connectivity index (χ2n) is 7.79. The van der Waals surface area contributed by atoms with Crippen molar-refractivity contribution in [3.8, 4) is 0 Å². The highest BCUT2D eigenvalue weighted by Crippen LogP contribution is 2.42. The number of nitrogens with zero attached hydrogens (tertiary/aromatic N) is 5. The number of pyridine rings is 1. The maximum Gasteiger partial charge on any atom is 0.230 e. The van der Waals surface area contributed by atoms with Crippen LogP contribution in [0.2, 0.25) is 0 Å². The van der Waals surface area contributed by atoms with Gasteiger partial charge in [-0.05, 0) is 25.0 Å². The molecule has 2 aromatic rings. The lowest BCUT2D eigenvalue weighted by Crippen LogP contribution is -2.43. The summed E-state index contributed by atoms with van der Waals surface area (Å²) in [5, 5.41) is 6.66. The van der Waals surface area contributed by atoms with E-state index in [-0.39, 0.29) is 0 Å². The molecule has 0 bridgehead atoms. The summed E-state index contributed by atoms with van der Waals surface area (Å²) in [7, 11) is 0. The van der Waals surface area contributed by atoms with Gasteiger partial charge in [-0.2, -0.15) is 4.98 Å². The first-order valence-electron chi connectivity index (χ1n) is 10.2. The number of hydrogen-bond donors (Lipinski definition) is 2. The van der Waals surface area contributed by atoms with Crippen LogP contribution in [0.15, 0.2) is 24.5 Å². The summed E-state index contributed by atoms with van der Waals surface area (Å²) >= 11 is 3.80. The number of rotatable bonds is 4. The topological polar surface area (TPSA) is 69.2 Å². The Morgan fingerprint density at radius 3 is 2.64 bits per heavy atom. The van der Waals surface area contributed by atoms with Crippen LogP contribution >= 0.6 is 15.9 Å². The SMILES string of the molecule is BrC1CN(C2CCCC2)c2nc(Nc3ccc(N4CCNCC4)cn3)ncc21. The molecule has 0 amide bonds. The molecule has 28 heavy (non-hydrogen) atoms. The van der Waals surface area contributed by atoms with Gasteiger partial charge in [0.05, 0.1) is 16.7 Å². The molecule has 4 heterocycles. The first-order chi connectivity index (χ1) is 13.8. The van der Waals surface area contributed by atoms with E-state index >= 15 is 0 Å². The first-order valence-corrected chi connectivity index (χ1v) is 11.2. The summed E-state index contributed by atoms with van der Waals surface area (Å²) in [6.07, 6.45) is 9.06. The smallest absolute Gasteiger partial charge is 0.230 e. The minimum absolute atomic E-state index is 0.314. The highest BCUT2D eigenvalue weighted by atomic mass is 79.9. The molecule has 1 aliphatic carbocycles. The Hall–Kier alpha value is -1.93. The van der Waals surface area contributed by atoms with Gasteiger partial charge in [-0.25, -0.2) is 9.97 Å². The number of fused-ring (bicyclic) bond motifs is 1. The lowest BCUT2D eigenvalue weighted by Gasteiger charge is -2.29. The van der Waals surface area contributed by atoms with E-state index in [1.54, 1.807) is 0 Å². The van der Waals surface area contributed by atoms with Crippen molar-refractivity contribution in [2.45, 2.75) is 36.6 Å². The van der Waals surface area contributed by atoms with Crippen LogP contribution in [0, 0.1) is 0 Å². The van der Waals surface area contributed by atoms with E-state index in [2.05, 4.69) is 52.4 Å². The van der Waals surface area contributed by atoms with Gasteiger partial charge < -0.3 is 20.4 Å². The molecule has 2 N–H and O–H groups in total. The van der Waals surface area contributed by atoms with Crippen molar-refractivity contribution in [3.05, 3.63) is 30.1 Å². The summed E-state index contributed by atoms with van der Waals surface area (Å²) in [5.41, 5.74) is 2.36. The average molecular weight is 444 g/mol. The molecule has 8 heteroatoms. The number of piperazine rings is 1. The Kier molecular flexibility index (Phi) is 5.07. The number of anilines is 4. The molecule has 0 spiro atoms. The summed E-state index contributed by atoms with van der Waals surface area (Å²) in [4.78, 5) is 19.1. The maximum atomic E-state index is 4.85. The molecule has 0 radical (unpaired) electrons. The number of alkyl halides is 1. The van der Waals surface area contributed by atoms with Gasteiger partial charge in [0, 0.05) is 50.5 Å². The van der Waals surface area contributed by atoms with E-state index in [0.717, 1.165) is 50.0 Å². The Labute approximate surface area is 174 Å². The van der Waals surface area contributed by atoms with E-state index in [1.807, 2.05) is 18.5 Å². The van der Waals surface area contributed by atoms with Gasteiger partial charge >= 0.3 is 0 Å². The predicted octanol–water partition coefficient (Wildman–Crippen LogP) is 3.22. The highest BCUT2D eigenvalue weighted by Gasteiger charge is 2.34. The van der Waals surface area contributed by atoms with E-state index in [0.29, 0.717) is 16.8 Å². The predicted molar refractivity (Wildman–Crippen MR) is 116 cm³/mol. The largest absolute Gasteiger partial charge is 0.368 e. The number of aromatic nitrogens is 3. The molecule has 7 nitrogen and oxygen atoms in total. The second kappa shape index (κ2) is 7.83. The number of nitrogens with one attached hydrogen (secondary N) is 2. The molecular formula is C20H26BrN7. The van der Waals surface area contributed by atoms with E-state index < -0.39 is 0 Å². The van der Waals surface area contributed by atoms with Gasteiger partial charge in [0.25, 0.3) is 0 Å². The number of halogens is 1. The van der Waals surface area contributed by atoms with Crippen LogP contribution in [-0.4, -0.2) is 53.7 Å². The molecule has 1 atom stereocenters. The molecule has 1 saturated carbocycles. The van der Waals surface area contributed by atoms with Crippen molar-refractivity contribution < 1.29 is 0 Å². The molecule has 1 unspecified atom stereocenters. The molecule has 3 aliphatic rings.